The van der Waals surface area contributed by atoms with Crippen molar-refractivity contribution in [1.29, 1.82) is 5.41 Å². The predicted molar refractivity (Wildman–Crippen MR) is 78.6 cm³/mol. The van der Waals surface area contributed by atoms with Crippen LogP contribution in [0, 0.1) is 5.41 Å². The highest BCUT2D eigenvalue weighted by atomic mass is 32.2. The Morgan fingerprint density at radius 1 is 1.39 bits per heavy atom. The molecule has 0 aliphatic carbocycles. The molecule has 0 saturated carbocycles. The first-order valence-electron chi connectivity index (χ1n) is 5.53. The zero-order valence-electron chi connectivity index (χ0n) is 10.4. The van der Waals surface area contributed by atoms with E-state index >= 15 is 0 Å². The van der Waals surface area contributed by atoms with Crippen LogP contribution in [0.4, 0.5) is 0 Å². The second kappa shape index (κ2) is 7.33. The van der Waals surface area contributed by atoms with E-state index in [2.05, 4.69) is 12.2 Å². The van der Waals surface area contributed by atoms with Gasteiger partial charge in [0.1, 0.15) is 5.84 Å². The molecule has 4 nitrogen and oxygen atoms in total. The molecule has 1 aromatic rings. The third-order valence-electron chi connectivity index (χ3n) is 2.19. The Balaban J connectivity index is 2.99. The molecule has 1 amide bonds. The maximum Gasteiger partial charge on any atom is 0.230 e. The molecule has 0 aliphatic rings. The number of nitrogens with two attached hydrogens (primary N) is 1. The summed E-state index contributed by atoms with van der Waals surface area (Å²) in [6.07, 6.45) is 0. The van der Waals surface area contributed by atoms with E-state index < -0.39 is 0 Å². The quantitative estimate of drug-likeness (QED) is 0.423. The molecule has 4 N–H and O–H groups in total. The fourth-order valence-electron chi connectivity index (χ4n) is 1.39. The average Bonchev–Trinajstić information content (AvgIpc) is 2.36. The van der Waals surface area contributed by atoms with Crippen LogP contribution in [0.5, 0.6) is 0 Å². The van der Waals surface area contributed by atoms with Gasteiger partial charge in [0.25, 0.3) is 0 Å². The fourth-order valence-corrected chi connectivity index (χ4v) is 3.27. The lowest BCUT2D eigenvalue weighted by Gasteiger charge is -2.12. The van der Waals surface area contributed by atoms with Gasteiger partial charge >= 0.3 is 0 Å². The summed E-state index contributed by atoms with van der Waals surface area (Å²) in [7, 11) is 1.61. The molecule has 1 rings (SSSR count). The van der Waals surface area contributed by atoms with E-state index in [0.29, 0.717) is 5.75 Å². The van der Waals surface area contributed by atoms with Crippen molar-refractivity contribution in [3.63, 3.8) is 0 Å². The molecular weight excluding hydrogens is 266 g/mol. The fraction of sp³-hybridized carbons (Fsp3) is 0.333. The van der Waals surface area contributed by atoms with Gasteiger partial charge in [-0.2, -0.15) is 0 Å². The number of amides is 1. The smallest absolute Gasteiger partial charge is 0.230 e. The number of carbonyl (C=O) groups is 1. The molecule has 6 heteroatoms. The van der Waals surface area contributed by atoms with Crippen LogP contribution in [0.1, 0.15) is 12.5 Å². The summed E-state index contributed by atoms with van der Waals surface area (Å²) in [5.74, 6) is 1.26. The molecular formula is C12H17N3OS2. The number of thioether (sulfide) groups is 2. The van der Waals surface area contributed by atoms with E-state index in [0.717, 1.165) is 21.1 Å². The Morgan fingerprint density at radius 3 is 2.50 bits per heavy atom. The molecule has 0 radical (unpaired) electrons. The van der Waals surface area contributed by atoms with Crippen molar-refractivity contribution in [3.05, 3.63) is 23.8 Å². The SMILES string of the molecule is CCSc1cccc(SCC(=O)NC)c1C(=N)N. The third-order valence-corrected chi connectivity index (χ3v) is 4.19. The number of nitrogens with one attached hydrogen (secondary N) is 2. The van der Waals surface area contributed by atoms with Gasteiger partial charge in [-0.25, -0.2) is 0 Å². The van der Waals surface area contributed by atoms with Crippen LogP contribution in [0.15, 0.2) is 28.0 Å². The molecule has 0 heterocycles. The minimum atomic E-state index is -0.0388. The number of rotatable bonds is 6. The van der Waals surface area contributed by atoms with Crippen LogP contribution >= 0.6 is 23.5 Å². The van der Waals surface area contributed by atoms with E-state index in [4.69, 9.17) is 11.1 Å². The Morgan fingerprint density at radius 2 is 2.00 bits per heavy atom. The summed E-state index contributed by atoms with van der Waals surface area (Å²) in [5.41, 5.74) is 6.38. The molecule has 0 saturated heterocycles. The highest BCUT2D eigenvalue weighted by Gasteiger charge is 2.12. The molecule has 18 heavy (non-hydrogen) atoms. The van der Waals surface area contributed by atoms with Crippen LogP contribution in [-0.4, -0.2) is 30.3 Å². The minimum absolute atomic E-state index is 0.0388. The highest BCUT2D eigenvalue weighted by molar-refractivity contribution is 8.00. The van der Waals surface area contributed by atoms with Crippen LogP contribution in [0.25, 0.3) is 0 Å². The molecule has 1 aromatic carbocycles. The van der Waals surface area contributed by atoms with Crippen molar-refractivity contribution in [1.82, 2.24) is 5.32 Å². The zero-order chi connectivity index (χ0) is 13.5. The second-order valence-electron chi connectivity index (χ2n) is 3.44. The van der Waals surface area contributed by atoms with Gasteiger partial charge in [-0.3, -0.25) is 10.2 Å². The Kier molecular flexibility index (Phi) is 6.07. The van der Waals surface area contributed by atoms with Gasteiger partial charge in [-0.15, -0.1) is 23.5 Å². The topological polar surface area (TPSA) is 79.0 Å². The van der Waals surface area contributed by atoms with E-state index in [1.165, 1.54) is 11.8 Å². The van der Waals surface area contributed by atoms with E-state index in [1.807, 2.05) is 18.2 Å². The molecule has 98 valence electrons. The standard InChI is InChI=1S/C12H17N3OS2/c1-3-17-8-5-4-6-9(11(8)12(13)14)18-7-10(16)15-2/h4-6H,3,7H2,1-2H3,(H3,13,14)(H,15,16). The highest BCUT2D eigenvalue weighted by Crippen LogP contribution is 2.30. The Hall–Kier alpha value is -1.14. The summed E-state index contributed by atoms with van der Waals surface area (Å²) < 4.78 is 0. The zero-order valence-corrected chi connectivity index (χ0v) is 12.1. The normalized spacial score (nSPS) is 10.1. The largest absolute Gasteiger partial charge is 0.384 e. The molecule has 0 bridgehead atoms. The van der Waals surface area contributed by atoms with Gasteiger partial charge in [0.05, 0.1) is 5.75 Å². The summed E-state index contributed by atoms with van der Waals surface area (Å²) in [6, 6.07) is 5.77. The van der Waals surface area contributed by atoms with Gasteiger partial charge < -0.3 is 11.1 Å². The molecule has 0 aromatic heterocycles. The van der Waals surface area contributed by atoms with Gasteiger partial charge in [0.15, 0.2) is 0 Å². The Bertz CT molecular complexity index is 449. The lowest BCUT2D eigenvalue weighted by atomic mass is 10.2. The summed E-state index contributed by atoms with van der Waals surface area (Å²) in [5, 5.41) is 10.3. The van der Waals surface area contributed by atoms with Crippen molar-refractivity contribution in [2.75, 3.05) is 18.6 Å². The maximum atomic E-state index is 11.3. The van der Waals surface area contributed by atoms with Crippen molar-refractivity contribution in [3.8, 4) is 0 Å². The van der Waals surface area contributed by atoms with Crippen LogP contribution in [0.2, 0.25) is 0 Å². The number of hydrogen-bond acceptors (Lipinski definition) is 4. The molecule has 0 atom stereocenters. The molecule has 0 fully saturated rings. The number of benzene rings is 1. The Labute approximate surface area is 116 Å². The average molecular weight is 283 g/mol. The third kappa shape index (κ3) is 3.96. The molecule has 0 unspecified atom stereocenters. The number of nitrogen functional groups attached to an aromatic ring is 1. The molecule has 0 spiro atoms. The number of amidine groups is 1. The van der Waals surface area contributed by atoms with Gasteiger partial charge in [0.2, 0.25) is 5.91 Å². The predicted octanol–water partition coefficient (Wildman–Crippen LogP) is 1.92. The summed E-state index contributed by atoms with van der Waals surface area (Å²) in [4.78, 5) is 13.1. The number of carbonyl (C=O) groups excluding carboxylic acids is 1. The number of hydrogen-bond donors (Lipinski definition) is 3. The first kappa shape index (κ1) is 14.9. The minimum Gasteiger partial charge on any atom is -0.384 e. The summed E-state index contributed by atoms with van der Waals surface area (Å²) >= 11 is 3.05. The first-order valence-corrected chi connectivity index (χ1v) is 7.50. The van der Waals surface area contributed by atoms with Crippen LogP contribution < -0.4 is 11.1 Å². The summed E-state index contributed by atoms with van der Waals surface area (Å²) in [6.45, 7) is 2.05. The monoisotopic (exact) mass is 283 g/mol. The lowest BCUT2D eigenvalue weighted by Crippen LogP contribution is -2.20. The van der Waals surface area contributed by atoms with Crippen molar-refractivity contribution in [2.24, 2.45) is 5.73 Å². The lowest BCUT2D eigenvalue weighted by molar-refractivity contribution is -0.118. The van der Waals surface area contributed by atoms with Gasteiger partial charge in [-0.1, -0.05) is 13.0 Å². The first-order chi connectivity index (χ1) is 8.60. The van der Waals surface area contributed by atoms with Crippen LogP contribution in [-0.2, 0) is 4.79 Å². The van der Waals surface area contributed by atoms with Crippen molar-refractivity contribution in [2.45, 2.75) is 16.7 Å². The van der Waals surface area contributed by atoms with Gasteiger partial charge in [-0.05, 0) is 17.9 Å². The maximum absolute atomic E-state index is 11.3. The van der Waals surface area contributed by atoms with Gasteiger partial charge in [0, 0.05) is 22.4 Å². The second-order valence-corrected chi connectivity index (χ2v) is 5.76. The van der Waals surface area contributed by atoms with E-state index in [1.54, 1.807) is 18.8 Å². The van der Waals surface area contributed by atoms with E-state index in [-0.39, 0.29) is 11.7 Å². The van der Waals surface area contributed by atoms with E-state index in [9.17, 15) is 4.79 Å². The van der Waals surface area contributed by atoms with Crippen molar-refractivity contribution >= 4 is 35.3 Å². The van der Waals surface area contributed by atoms with Crippen molar-refractivity contribution < 1.29 is 4.79 Å². The molecule has 0 aliphatic heterocycles. The van der Waals surface area contributed by atoms with Crippen LogP contribution in [0.3, 0.4) is 0 Å².